The fourth-order valence-electron chi connectivity index (χ4n) is 2.40. The van der Waals surface area contributed by atoms with Gasteiger partial charge in [-0.15, -0.1) is 0 Å². The highest BCUT2D eigenvalue weighted by atomic mass is 35.5. The van der Waals surface area contributed by atoms with Crippen LogP contribution in [0.5, 0.6) is 11.5 Å². The predicted octanol–water partition coefficient (Wildman–Crippen LogP) is 4.60. The van der Waals surface area contributed by atoms with E-state index in [0.717, 1.165) is 16.7 Å². The SMILES string of the molecule is COc1ccc(OC)c(/C=C2\SC(=O)N(c3ccccc3Cl)C2=O)c1. The van der Waals surface area contributed by atoms with Crippen molar-refractivity contribution < 1.29 is 19.1 Å². The molecule has 0 spiro atoms. The summed E-state index contributed by atoms with van der Waals surface area (Å²) in [6.07, 6.45) is 1.61. The average Bonchev–Trinajstić information content (AvgIpc) is 2.89. The van der Waals surface area contributed by atoms with Gasteiger partial charge in [0.15, 0.2) is 0 Å². The van der Waals surface area contributed by atoms with Crippen LogP contribution in [0.2, 0.25) is 5.02 Å². The summed E-state index contributed by atoms with van der Waals surface area (Å²) < 4.78 is 10.5. The molecule has 0 aliphatic carbocycles. The van der Waals surface area contributed by atoms with E-state index in [9.17, 15) is 9.59 Å². The Labute approximate surface area is 154 Å². The van der Waals surface area contributed by atoms with Crippen LogP contribution < -0.4 is 14.4 Å². The van der Waals surface area contributed by atoms with E-state index >= 15 is 0 Å². The molecule has 2 aromatic carbocycles. The van der Waals surface area contributed by atoms with Gasteiger partial charge in [-0.1, -0.05) is 23.7 Å². The summed E-state index contributed by atoms with van der Waals surface area (Å²) >= 11 is 6.98. The van der Waals surface area contributed by atoms with Gasteiger partial charge in [0.25, 0.3) is 11.1 Å². The van der Waals surface area contributed by atoms with Gasteiger partial charge in [-0.2, -0.15) is 0 Å². The number of methoxy groups -OCH3 is 2. The van der Waals surface area contributed by atoms with Crippen LogP contribution in [0.25, 0.3) is 6.08 Å². The van der Waals surface area contributed by atoms with Gasteiger partial charge in [0.2, 0.25) is 0 Å². The third kappa shape index (κ3) is 3.36. The summed E-state index contributed by atoms with van der Waals surface area (Å²) in [6.45, 7) is 0. The molecule has 0 bridgehead atoms. The number of hydrogen-bond donors (Lipinski definition) is 0. The van der Waals surface area contributed by atoms with Crippen molar-refractivity contribution in [2.24, 2.45) is 0 Å². The zero-order valence-corrected chi connectivity index (χ0v) is 15.1. The second kappa shape index (κ2) is 7.21. The van der Waals surface area contributed by atoms with Crippen molar-refractivity contribution in [3.05, 3.63) is 58.0 Å². The maximum absolute atomic E-state index is 12.7. The number of carbonyl (C=O) groups excluding carboxylic acids is 2. The fraction of sp³-hybridized carbons (Fsp3) is 0.111. The zero-order valence-electron chi connectivity index (χ0n) is 13.5. The Morgan fingerprint density at radius 3 is 2.52 bits per heavy atom. The number of thioether (sulfide) groups is 1. The highest BCUT2D eigenvalue weighted by Crippen LogP contribution is 2.39. The zero-order chi connectivity index (χ0) is 18.0. The van der Waals surface area contributed by atoms with Gasteiger partial charge in [0, 0.05) is 5.56 Å². The standard InChI is InChI=1S/C18H14ClNO4S/c1-23-12-7-8-15(24-2)11(9-12)10-16-17(21)20(18(22)25-16)14-6-4-3-5-13(14)19/h3-10H,1-2H3/b16-10-. The Bertz CT molecular complexity index is 881. The first-order valence-corrected chi connectivity index (χ1v) is 8.49. The van der Waals surface area contributed by atoms with E-state index in [4.69, 9.17) is 21.1 Å². The Balaban J connectivity index is 2.00. The van der Waals surface area contributed by atoms with Gasteiger partial charge in [-0.25, -0.2) is 4.90 Å². The molecule has 2 aromatic rings. The smallest absolute Gasteiger partial charge is 0.298 e. The topological polar surface area (TPSA) is 55.8 Å². The van der Waals surface area contributed by atoms with E-state index < -0.39 is 11.1 Å². The number of para-hydroxylation sites is 1. The van der Waals surface area contributed by atoms with Crippen LogP contribution >= 0.6 is 23.4 Å². The van der Waals surface area contributed by atoms with Crippen molar-refractivity contribution in [1.29, 1.82) is 0 Å². The summed E-state index contributed by atoms with van der Waals surface area (Å²) in [7, 11) is 3.09. The monoisotopic (exact) mass is 375 g/mol. The van der Waals surface area contributed by atoms with Crippen LogP contribution in [-0.2, 0) is 4.79 Å². The highest BCUT2D eigenvalue weighted by Gasteiger charge is 2.37. The normalized spacial score (nSPS) is 15.8. The summed E-state index contributed by atoms with van der Waals surface area (Å²) in [5.41, 5.74) is 1.01. The minimum Gasteiger partial charge on any atom is -0.497 e. The van der Waals surface area contributed by atoms with E-state index in [2.05, 4.69) is 0 Å². The molecule has 2 amide bonds. The fourth-order valence-corrected chi connectivity index (χ4v) is 3.45. The highest BCUT2D eigenvalue weighted by molar-refractivity contribution is 8.19. The minimum atomic E-state index is -0.423. The van der Waals surface area contributed by atoms with E-state index in [1.54, 1.807) is 55.7 Å². The van der Waals surface area contributed by atoms with E-state index in [1.165, 1.54) is 7.11 Å². The predicted molar refractivity (Wildman–Crippen MR) is 99.4 cm³/mol. The summed E-state index contributed by atoms with van der Waals surface area (Å²) in [4.78, 5) is 26.4. The first kappa shape index (κ1) is 17.4. The third-order valence-electron chi connectivity index (χ3n) is 3.61. The summed E-state index contributed by atoms with van der Waals surface area (Å²) in [5.74, 6) is 0.774. The van der Waals surface area contributed by atoms with Gasteiger partial charge in [-0.3, -0.25) is 9.59 Å². The van der Waals surface area contributed by atoms with E-state index in [-0.39, 0.29) is 4.91 Å². The van der Waals surface area contributed by atoms with Gasteiger partial charge in [-0.05, 0) is 48.2 Å². The lowest BCUT2D eigenvalue weighted by Gasteiger charge is -2.13. The number of ether oxygens (including phenoxy) is 2. The number of halogens is 1. The van der Waals surface area contributed by atoms with E-state index in [0.29, 0.717) is 27.8 Å². The van der Waals surface area contributed by atoms with Gasteiger partial charge >= 0.3 is 0 Å². The minimum absolute atomic E-state index is 0.288. The average molecular weight is 376 g/mol. The maximum Gasteiger partial charge on any atom is 0.298 e. The Morgan fingerprint density at radius 2 is 1.84 bits per heavy atom. The van der Waals surface area contributed by atoms with Gasteiger partial charge in [0.1, 0.15) is 11.5 Å². The lowest BCUT2D eigenvalue weighted by Crippen LogP contribution is -2.27. The number of carbonyl (C=O) groups is 2. The lowest BCUT2D eigenvalue weighted by atomic mass is 10.1. The molecule has 1 fully saturated rings. The van der Waals surface area contributed by atoms with Crippen LogP contribution in [0.3, 0.4) is 0 Å². The van der Waals surface area contributed by atoms with Crippen LogP contribution in [0.4, 0.5) is 10.5 Å². The van der Waals surface area contributed by atoms with Crippen molar-refractivity contribution in [2.75, 3.05) is 19.1 Å². The number of benzene rings is 2. The first-order valence-electron chi connectivity index (χ1n) is 7.29. The molecule has 0 saturated carbocycles. The molecule has 1 heterocycles. The number of hydrogen-bond acceptors (Lipinski definition) is 5. The van der Waals surface area contributed by atoms with E-state index in [1.807, 2.05) is 0 Å². The molecule has 0 atom stereocenters. The summed E-state index contributed by atoms with van der Waals surface area (Å²) in [6, 6.07) is 12.0. The molecular weight excluding hydrogens is 362 g/mol. The van der Waals surface area contributed by atoms with Crippen molar-refractivity contribution in [3.8, 4) is 11.5 Å². The maximum atomic E-state index is 12.7. The van der Waals surface area contributed by atoms with Crippen molar-refractivity contribution in [3.63, 3.8) is 0 Å². The molecule has 1 saturated heterocycles. The number of nitrogens with zero attached hydrogens (tertiary/aromatic N) is 1. The molecule has 0 unspecified atom stereocenters. The van der Waals surface area contributed by atoms with Crippen molar-refractivity contribution >= 4 is 46.3 Å². The summed E-state index contributed by atoms with van der Waals surface area (Å²) in [5, 5.41) is -0.0591. The molecule has 1 aliphatic rings. The second-order valence-electron chi connectivity index (χ2n) is 5.08. The molecule has 0 aromatic heterocycles. The number of rotatable bonds is 4. The second-order valence-corrected chi connectivity index (χ2v) is 6.48. The Kier molecular flexibility index (Phi) is 5.01. The molecular formula is C18H14ClNO4S. The largest absolute Gasteiger partial charge is 0.497 e. The quantitative estimate of drug-likeness (QED) is 0.731. The van der Waals surface area contributed by atoms with Crippen LogP contribution in [-0.4, -0.2) is 25.4 Å². The molecule has 1 aliphatic heterocycles. The molecule has 3 rings (SSSR count). The lowest BCUT2D eigenvalue weighted by molar-refractivity contribution is -0.113. The molecule has 0 N–H and O–H groups in total. The molecule has 128 valence electrons. The number of anilines is 1. The van der Waals surface area contributed by atoms with Crippen LogP contribution in [0.1, 0.15) is 5.56 Å². The van der Waals surface area contributed by atoms with Crippen molar-refractivity contribution in [2.45, 2.75) is 0 Å². The number of imide groups is 1. The molecule has 7 heteroatoms. The van der Waals surface area contributed by atoms with Gasteiger partial charge < -0.3 is 9.47 Å². The molecule has 0 radical (unpaired) electrons. The van der Waals surface area contributed by atoms with Crippen LogP contribution in [0.15, 0.2) is 47.4 Å². The van der Waals surface area contributed by atoms with Gasteiger partial charge in [0.05, 0.1) is 29.8 Å². The van der Waals surface area contributed by atoms with Crippen molar-refractivity contribution in [1.82, 2.24) is 0 Å². The third-order valence-corrected chi connectivity index (χ3v) is 4.80. The molecule has 5 nitrogen and oxygen atoms in total. The van der Waals surface area contributed by atoms with Crippen LogP contribution in [0, 0.1) is 0 Å². The number of amides is 2. The Hall–Kier alpha value is -2.44. The molecule has 25 heavy (non-hydrogen) atoms. The first-order chi connectivity index (χ1) is 12.0. The Morgan fingerprint density at radius 1 is 1.08 bits per heavy atom.